The third-order valence-electron chi connectivity index (χ3n) is 5.99. The summed E-state index contributed by atoms with van der Waals surface area (Å²) < 4.78 is 0. The topological polar surface area (TPSA) is 60.9 Å². The number of imidazole rings is 1. The van der Waals surface area contributed by atoms with Crippen molar-refractivity contribution < 1.29 is 0 Å². The molecule has 0 radical (unpaired) electrons. The van der Waals surface area contributed by atoms with E-state index in [0.29, 0.717) is 0 Å². The van der Waals surface area contributed by atoms with E-state index in [1.54, 1.807) is 12.7 Å². The first-order valence-electron chi connectivity index (χ1n) is 8.51. The standard InChI is InChI=1S/C16H22N6/c1-2-12-7-11(1)8-13(12)21-3-5-22(6-4-21)16-14-15(18-9-17-14)19-10-20-16/h9-13H,1-8H2,(H,17,18,19,20)/t11-,12-,13-/m0/s1. The molecule has 0 aromatic carbocycles. The van der Waals surface area contributed by atoms with E-state index in [4.69, 9.17) is 0 Å². The third kappa shape index (κ3) is 1.93. The number of aromatic nitrogens is 4. The van der Waals surface area contributed by atoms with E-state index in [1.807, 2.05) is 0 Å². The zero-order chi connectivity index (χ0) is 14.5. The summed E-state index contributed by atoms with van der Waals surface area (Å²) in [6, 6.07) is 0.860. The van der Waals surface area contributed by atoms with Crippen LogP contribution >= 0.6 is 0 Å². The van der Waals surface area contributed by atoms with E-state index >= 15 is 0 Å². The fourth-order valence-corrected chi connectivity index (χ4v) is 4.92. The number of hydrogen-bond donors (Lipinski definition) is 1. The van der Waals surface area contributed by atoms with Gasteiger partial charge in [-0.3, -0.25) is 4.90 Å². The van der Waals surface area contributed by atoms with Crippen LogP contribution in [0, 0.1) is 11.8 Å². The van der Waals surface area contributed by atoms with Gasteiger partial charge in [0.05, 0.1) is 6.33 Å². The van der Waals surface area contributed by atoms with Gasteiger partial charge >= 0.3 is 0 Å². The average molecular weight is 298 g/mol. The van der Waals surface area contributed by atoms with E-state index in [1.165, 1.54) is 25.7 Å². The van der Waals surface area contributed by atoms with Gasteiger partial charge in [0.2, 0.25) is 0 Å². The van der Waals surface area contributed by atoms with Gasteiger partial charge in [0.1, 0.15) is 11.8 Å². The first kappa shape index (κ1) is 12.8. The smallest absolute Gasteiger partial charge is 0.182 e. The van der Waals surface area contributed by atoms with E-state index in [9.17, 15) is 0 Å². The number of piperazine rings is 1. The molecule has 2 bridgehead atoms. The lowest BCUT2D eigenvalue weighted by molar-refractivity contribution is 0.135. The summed E-state index contributed by atoms with van der Waals surface area (Å²) in [6.07, 6.45) is 9.22. The van der Waals surface area contributed by atoms with Gasteiger partial charge in [-0.2, -0.15) is 0 Å². The maximum absolute atomic E-state index is 4.49. The van der Waals surface area contributed by atoms with Crippen molar-refractivity contribution in [3.8, 4) is 0 Å². The van der Waals surface area contributed by atoms with E-state index in [2.05, 4.69) is 29.7 Å². The Labute approximate surface area is 129 Å². The van der Waals surface area contributed by atoms with Crippen LogP contribution in [0.25, 0.3) is 11.2 Å². The largest absolute Gasteiger partial charge is 0.352 e. The van der Waals surface area contributed by atoms with Crippen molar-refractivity contribution in [1.82, 2.24) is 24.8 Å². The third-order valence-corrected chi connectivity index (χ3v) is 5.99. The van der Waals surface area contributed by atoms with Crippen molar-refractivity contribution in [2.24, 2.45) is 11.8 Å². The van der Waals surface area contributed by atoms with Gasteiger partial charge < -0.3 is 9.88 Å². The Hall–Kier alpha value is -1.69. The highest BCUT2D eigenvalue weighted by molar-refractivity contribution is 5.82. The number of rotatable bonds is 2. The molecule has 5 rings (SSSR count). The fourth-order valence-electron chi connectivity index (χ4n) is 4.92. The number of nitrogens with zero attached hydrogens (tertiary/aromatic N) is 5. The van der Waals surface area contributed by atoms with Crippen LogP contribution in [0.1, 0.15) is 25.7 Å². The number of hydrogen-bond acceptors (Lipinski definition) is 5. The second-order valence-corrected chi connectivity index (χ2v) is 7.06. The maximum Gasteiger partial charge on any atom is 0.182 e. The predicted molar refractivity (Wildman–Crippen MR) is 84.7 cm³/mol. The molecule has 2 aromatic rings. The summed E-state index contributed by atoms with van der Waals surface area (Å²) in [5.41, 5.74) is 1.73. The molecule has 6 heteroatoms. The Morgan fingerprint density at radius 1 is 1.00 bits per heavy atom. The second-order valence-electron chi connectivity index (χ2n) is 7.06. The molecule has 1 N–H and O–H groups in total. The molecule has 1 saturated heterocycles. The Morgan fingerprint density at radius 2 is 1.91 bits per heavy atom. The first-order chi connectivity index (χ1) is 10.9. The van der Waals surface area contributed by atoms with Gasteiger partial charge in [-0.05, 0) is 31.1 Å². The summed E-state index contributed by atoms with van der Waals surface area (Å²) in [7, 11) is 0. The van der Waals surface area contributed by atoms with Crippen LogP contribution in [-0.4, -0.2) is 57.1 Å². The maximum atomic E-state index is 4.49. The fraction of sp³-hybridized carbons (Fsp3) is 0.688. The molecule has 2 aromatic heterocycles. The Morgan fingerprint density at radius 3 is 2.68 bits per heavy atom. The highest BCUT2D eigenvalue weighted by Gasteiger charge is 2.42. The number of H-pyrrole nitrogens is 1. The molecule has 3 atom stereocenters. The molecule has 22 heavy (non-hydrogen) atoms. The minimum absolute atomic E-state index is 0.764. The highest BCUT2D eigenvalue weighted by Crippen LogP contribution is 2.46. The van der Waals surface area contributed by atoms with Crippen molar-refractivity contribution >= 4 is 17.0 Å². The highest BCUT2D eigenvalue weighted by atomic mass is 15.3. The van der Waals surface area contributed by atoms with Crippen molar-refractivity contribution in [1.29, 1.82) is 0 Å². The minimum Gasteiger partial charge on any atom is -0.352 e. The van der Waals surface area contributed by atoms with Crippen LogP contribution in [0.2, 0.25) is 0 Å². The van der Waals surface area contributed by atoms with Crippen LogP contribution < -0.4 is 4.90 Å². The first-order valence-corrected chi connectivity index (χ1v) is 8.51. The molecule has 0 unspecified atom stereocenters. The van der Waals surface area contributed by atoms with Crippen LogP contribution in [0.4, 0.5) is 5.82 Å². The zero-order valence-corrected chi connectivity index (χ0v) is 12.8. The van der Waals surface area contributed by atoms with Crippen LogP contribution in [0.15, 0.2) is 12.7 Å². The molecule has 3 fully saturated rings. The quantitative estimate of drug-likeness (QED) is 0.914. The normalized spacial score (nSPS) is 32.2. The number of fused-ring (bicyclic) bond motifs is 3. The van der Waals surface area contributed by atoms with Gasteiger partial charge in [0.15, 0.2) is 11.5 Å². The van der Waals surface area contributed by atoms with Crippen molar-refractivity contribution in [2.75, 3.05) is 31.1 Å². The number of aromatic amines is 1. The molecule has 2 aliphatic carbocycles. The Kier molecular flexibility index (Phi) is 2.86. The van der Waals surface area contributed by atoms with Gasteiger partial charge in [0, 0.05) is 32.2 Å². The van der Waals surface area contributed by atoms with Gasteiger partial charge in [-0.15, -0.1) is 0 Å². The van der Waals surface area contributed by atoms with Crippen LogP contribution in [0.3, 0.4) is 0 Å². The van der Waals surface area contributed by atoms with Gasteiger partial charge in [-0.25, -0.2) is 15.0 Å². The summed E-state index contributed by atoms with van der Waals surface area (Å²) in [4.78, 5) is 21.2. The Bertz CT molecular complexity index is 674. The lowest BCUT2D eigenvalue weighted by Gasteiger charge is -2.41. The van der Waals surface area contributed by atoms with Gasteiger partial charge in [-0.1, -0.05) is 6.42 Å². The van der Waals surface area contributed by atoms with E-state index < -0.39 is 0 Å². The molecule has 2 saturated carbocycles. The minimum atomic E-state index is 0.764. The molecular formula is C16H22N6. The monoisotopic (exact) mass is 298 g/mol. The van der Waals surface area contributed by atoms with E-state index in [-0.39, 0.29) is 0 Å². The van der Waals surface area contributed by atoms with Crippen molar-refractivity contribution in [3.05, 3.63) is 12.7 Å². The average Bonchev–Trinajstić information content (AvgIpc) is 3.30. The van der Waals surface area contributed by atoms with Crippen molar-refractivity contribution in [3.63, 3.8) is 0 Å². The molecule has 3 heterocycles. The molecule has 1 aliphatic heterocycles. The molecule has 0 spiro atoms. The molecule has 6 nitrogen and oxygen atoms in total. The van der Waals surface area contributed by atoms with Crippen LogP contribution in [-0.2, 0) is 0 Å². The number of nitrogens with one attached hydrogen (secondary N) is 1. The lowest BCUT2D eigenvalue weighted by Crippen LogP contribution is -2.52. The summed E-state index contributed by atoms with van der Waals surface area (Å²) in [5, 5.41) is 0. The summed E-state index contributed by atoms with van der Waals surface area (Å²) in [6.45, 7) is 4.43. The summed E-state index contributed by atoms with van der Waals surface area (Å²) >= 11 is 0. The second kappa shape index (κ2) is 4.91. The molecule has 3 aliphatic rings. The van der Waals surface area contributed by atoms with E-state index in [0.717, 1.165) is 61.0 Å². The molecular weight excluding hydrogens is 276 g/mol. The van der Waals surface area contributed by atoms with Gasteiger partial charge in [0.25, 0.3) is 0 Å². The lowest BCUT2D eigenvalue weighted by atomic mass is 9.93. The predicted octanol–water partition coefficient (Wildman–Crippen LogP) is 1.66. The molecule has 0 amide bonds. The SMILES string of the molecule is c1nc(N2CCN([C@H]3C[C@H]4CC[C@H]3C4)CC2)c2[nH]cnc2n1. The summed E-state index contributed by atoms with van der Waals surface area (Å²) in [5.74, 6) is 3.02. The number of anilines is 1. The van der Waals surface area contributed by atoms with Crippen molar-refractivity contribution in [2.45, 2.75) is 31.7 Å². The molecule has 116 valence electrons. The zero-order valence-electron chi connectivity index (χ0n) is 12.8. The van der Waals surface area contributed by atoms with Crippen LogP contribution in [0.5, 0.6) is 0 Å². The Balaban J connectivity index is 1.31.